The number of likely N-dealkylation sites (tertiary alicyclic amines) is 1. The Morgan fingerprint density at radius 2 is 2.05 bits per heavy atom. The number of imidazole rings is 1. The van der Waals surface area contributed by atoms with E-state index in [0.717, 1.165) is 41.0 Å². The van der Waals surface area contributed by atoms with Crippen LogP contribution in [0.1, 0.15) is 36.0 Å². The first-order chi connectivity index (χ1) is 17.9. The molecular weight excluding hydrogens is 472 g/mol. The lowest BCUT2D eigenvalue weighted by Gasteiger charge is -2.32. The first-order valence-electron chi connectivity index (χ1n) is 12.7. The highest BCUT2D eigenvalue weighted by atomic mass is 16.5. The quantitative estimate of drug-likeness (QED) is 0.414. The maximum atomic E-state index is 13.5. The Kier molecular flexibility index (Phi) is 5.73. The van der Waals surface area contributed by atoms with Crippen LogP contribution < -0.4 is 10.1 Å². The van der Waals surface area contributed by atoms with Gasteiger partial charge in [-0.05, 0) is 61.9 Å². The number of carbonyl (C=O) groups excluding carboxylic acids is 1. The van der Waals surface area contributed by atoms with Crippen molar-refractivity contribution in [1.29, 1.82) is 0 Å². The number of nitrogens with one attached hydrogen (secondary N) is 1. The van der Waals surface area contributed by atoms with Crippen LogP contribution in [-0.2, 0) is 13.6 Å². The van der Waals surface area contributed by atoms with Gasteiger partial charge in [0.2, 0.25) is 0 Å². The monoisotopic (exact) mass is 502 g/mol. The summed E-state index contributed by atoms with van der Waals surface area (Å²) in [5, 5.41) is 12.7. The number of fused-ring (bicyclic) bond motifs is 2. The van der Waals surface area contributed by atoms with E-state index in [1.54, 1.807) is 18.1 Å². The minimum atomic E-state index is -1.07. The van der Waals surface area contributed by atoms with Gasteiger partial charge in [0.1, 0.15) is 16.9 Å². The third-order valence-electron chi connectivity index (χ3n) is 7.46. The summed E-state index contributed by atoms with van der Waals surface area (Å²) in [5.41, 5.74) is 3.91. The van der Waals surface area contributed by atoms with E-state index >= 15 is 0 Å². The molecule has 1 aliphatic heterocycles. The minimum absolute atomic E-state index is 0.156. The molecule has 2 amide bonds. The van der Waals surface area contributed by atoms with Crippen molar-refractivity contribution in [2.75, 3.05) is 20.2 Å². The first kappa shape index (κ1) is 23.3. The van der Waals surface area contributed by atoms with Crippen LogP contribution in [0.25, 0.3) is 33.6 Å². The molecule has 1 atom stereocenters. The fourth-order valence-electron chi connectivity index (χ4n) is 5.47. The smallest absolute Gasteiger partial charge is 0.404 e. The van der Waals surface area contributed by atoms with E-state index in [9.17, 15) is 9.59 Å². The molecule has 10 heteroatoms. The second kappa shape index (κ2) is 9.10. The summed E-state index contributed by atoms with van der Waals surface area (Å²) in [6, 6.07) is 9.44. The highest BCUT2D eigenvalue weighted by molar-refractivity contribution is 6.00. The highest BCUT2D eigenvalue weighted by Crippen LogP contribution is 2.37. The number of hydrogen-bond donors (Lipinski definition) is 2. The third-order valence-corrected chi connectivity index (χ3v) is 7.46. The Bertz CT molecular complexity index is 1520. The molecule has 1 aliphatic carbocycles. The first-order valence-corrected chi connectivity index (χ1v) is 12.7. The Balaban J connectivity index is 1.40. The molecule has 1 saturated heterocycles. The van der Waals surface area contributed by atoms with Crippen molar-refractivity contribution in [3.63, 3.8) is 0 Å². The summed E-state index contributed by atoms with van der Waals surface area (Å²) < 4.78 is 10.0. The number of amides is 2. The Labute approximate surface area is 213 Å². The number of hydrogen-bond acceptors (Lipinski definition) is 5. The van der Waals surface area contributed by atoms with E-state index in [4.69, 9.17) is 14.8 Å². The molecule has 1 aromatic carbocycles. The molecule has 0 bridgehead atoms. The lowest BCUT2D eigenvalue weighted by Crippen LogP contribution is -2.49. The summed E-state index contributed by atoms with van der Waals surface area (Å²) in [6.07, 6.45) is 4.66. The maximum Gasteiger partial charge on any atom is 0.404 e. The number of rotatable bonds is 6. The number of aryl methyl sites for hydroxylation is 1. The van der Waals surface area contributed by atoms with Crippen molar-refractivity contribution in [2.45, 2.75) is 38.3 Å². The number of benzene rings is 1. The fraction of sp³-hybridized carbons (Fsp3) is 0.407. The van der Waals surface area contributed by atoms with Gasteiger partial charge in [0, 0.05) is 49.9 Å². The number of nitrogens with zero attached hydrogens (tertiary/aromatic N) is 5. The van der Waals surface area contributed by atoms with Gasteiger partial charge in [-0.25, -0.2) is 14.8 Å². The second-order valence-corrected chi connectivity index (χ2v) is 10.1. The fourth-order valence-corrected chi connectivity index (χ4v) is 5.47. The van der Waals surface area contributed by atoms with E-state index < -0.39 is 6.09 Å². The minimum Gasteiger partial charge on any atom is -0.494 e. The lowest BCUT2D eigenvalue weighted by molar-refractivity contribution is 0.0692. The van der Waals surface area contributed by atoms with Gasteiger partial charge < -0.3 is 29.2 Å². The molecule has 10 nitrogen and oxygen atoms in total. The molecule has 3 aromatic heterocycles. The van der Waals surface area contributed by atoms with E-state index in [1.165, 1.54) is 12.8 Å². The molecule has 6 rings (SSSR count). The predicted molar refractivity (Wildman–Crippen MR) is 139 cm³/mol. The van der Waals surface area contributed by atoms with Crippen LogP contribution in [0.4, 0.5) is 4.79 Å². The number of carboxylic acid groups (broad SMARTS) is 1. The van der Waals surface area contributed by atoms with Crippen molar-refractivity contribution >= 4 is 34.1 Å². The summed E-state index contributed by atoms with van der Waals surface area (Å²) in [5.74, 6) is 1.87. The van der Waals surface area contributed by atoms with Crippen molar-refractivity contribution < 1.29 is 19.4 Å². The molecule has 1 saturated carbocycles. The predicted octanol–water partition coefficient (Wildman–Crippen LogP) is 3.88. The zero-order valence-electron chi connectivity index (χ0n) is 21.0. The topological polar surface area (TPSA) is 115 Å². The van der Waals surface area contributed by atoms with Crippen LogP contribution in [0.15, 0.2) is 36.5 Å². The summed E-state index contributed by atoms with van der Waals surface area (Å²) in [6.45, 7) is 1.83. The molecular formula is C27H30N6O4. The Morgan fingerprint density at radius 1 is 1.22 bits per heavy atom. The van der Waals surface area contributed by atoms with Crippen LogP contribution in [0, 0.1) is 5.92 Å². The highest BCUT2D eigenvalue weighted by Gasteiger charge is 2.29. The van der Waals surface area contributed by atoms with Crippen molar-refractivity contribution in [2.24, 2.45) is 13.0 Å². The molecule has 2 aliphatic rings. The van der Waals surface area contributed by atoms with Gasteiger partial charge in [0.25, 0.3) is 5.91 Å². The Hall–Kier alpha value is -4.08. The lowest BCUT2D eigenvalue weighted by atomic mass is 10.0. The normalized spacial score (nSPS) is 17.9. The molecule has 0 radical (unpaired) electrons. The number of ether oxygens (including phenoxy) is 1. The molecule has 0 spiro atoms. The summed E-state index contributed by atoms with van der Waals surface area (Å²) in [4.78, 5) is 35.9. The van der Waals surface area contributed by atoms with Crippen molar-refractivity contribution in [3.8, 4) is 17.3 Å². The van der Waals surface area contributed by atoms with Gasteiger partial charge in [-0.3, -0.25) is 4.79 Å². The molecule has 4 aromatic rings. The number of methoxy groups -OCH3 is 1. The number of carbonyl (C=O) groups is 2. The van der Waals surface area contributed by atoms with Gasteiger partial charge in [-0.2, -0.15) is 0 Å². The maximum absolute atomic E-state index is 13.5. The third kappa shape index (κ3) is 4.26. The van der Waals surface area contributed by atoms with Crippen LogP contribution >= 0.6 is 0 Å². The van der Waals surface area contributed by atoms with Gasteiger partial charge in [-0.15, -0.1) is 0 Å². The van der Waals surface area contributed by atoms with Crippen LogP contribution in [0.3, 0.4) is 0 Å². The Morgan fingerprint density at radius 3 is 2.81 bits per heavy atom. The summed E-state index contributed by atoms with van der Waals surface area (Å²) in [7, 11) is 3.56. The molecule has 2 N–H and O–H groups in total. The zero-order chi connectivity index (χ0) is 25.7. The van der Waals surface area contributed by atoms with Gasteiger partial charge >= 0.3 is 6.09 Å². The van der Waals surface area contributed by atoms with Crippen molar-refractivity contribution in [3.05, 3.63) is 42.1 Å². The van der Waals surface area contributed by atoms with E-state index in [2.05, 4.69) is 27.0 Å². The van der Waals surface area contributed by atoms with Crippen LogP contribution in [0.5, 0.6) is 5.75 Å². The van der Waals surface area contributed by atoms with Gasteiger partial charge in [0.15, 0.2) is 5.82 Å². The van der Waals surface area contributed by atoms with E-state index in [0.29, 0.717) is 42.3 Å². The van der Waals surface area contributed by atoms with E-state index in [-0.39, 0.29) is 11.9 Å². The second-order valence-electron chi connectivity index (χ2n) is 10.1. The van der Waals surface area contributed by atoms with Crippen molar-refractivity contribution in [1.82, 2.24) is 29.3 Å². The molecule has 4 heterocycles. The number of piperidine rings is 1. The molecule has 2 fully saturated rings. The molecule has 37 heavy (non-hydrogen) atoms. The van der Waals surface area contributed by atoms with E-state index in [1.807, 2.05) is 29.9 Å². The van der Waals surface area contributed by atoms with Gasteiger partial charge in [0.05, 0.1) is 18.3 Å². The standard InChI is InChI=1S/C27H30N6O4/c1-31-23-20(30-25(31)21-12-17-5-3-9-28-24(17)33(21)14-16-7-8-16)11-18(13-22(23)37-2)26(34)32-10-4-6-19(15-32)29-27(35)36/h3,5,9,11-13,16,19,29H,4,6-8,10,14-15H2,1-2H3,(H,35,36). The largest absolute Gasteiger partial charge is 0.494 e. The number of pyridine rings is 1. The molecule has 1 unspecified atom stereocenters. The van der Waals surface area contributed by atoms with Crippen LogP contribution in [-0.4, -0.2) is 67.4 Å². The van der Waals surface area contributed by atoms with Gasteiger partial charge in [-0.1, -0.05) is 0 Å². The molecule has 192 valence electrons. The number of aromatic nitrogens is 4. The summed E-state index contributed by atoms with van der Waals surface area (Å²) >= 11 is 0. The SMILES string of the molecule is COc1cc(C(=O)N2CCCC(NC(=O)O)C2)cc2nc(-c3cc4cccnc4n3CC3CC3)n(C)c12. The zero-order valence-corrected chi connectivity index (χ0v) is 21.0. The van der Waals surface area contributed by atoms with Crippen LogP contribution in [0.2, 0.25) is 0 Å². The average molecular weight is 503 g/mol. The average Bonchev–Trinajstić information content (AvgIpc) is 3.56.